The predicted molar refractivity (Wildman–Crippen MR) is 49.1 cm³/mol. The van der Waals surface area contributed by atoms with Crippen molar-refractivity contribution in [1.82, 2.24) is 4.90 Å². The Bertz CT molecular complexity index is 162. The lowest BCUT2D eigenvalue weighted by Crippen LogP contribution is -2.37. The zero-order chi connectivity index (χ0) is 11.4. The van der Waals surface area contributed by atoms with Crippen LogP contribution >= 0.6 is 0 Å². The summed E-state index contributed by atoms with van der Waals surface area (Å²) < 4.78 is 36.0. The molecule has 0 amide bonds. The first-order valence-corrected chi connectivity index (χ1v) is 4.65. The van der Waals surface area contributed by atoms with Crippen molar-refractivity contribution in [2.24, 2.45) is 0 Å². The van der Waals surface area contributed by atoms with E-state index in [1.54, 1.807) is 20.8 Å². The summed E-state index contributed by atoms with van der Waals surface area (Å²) in [5.74, 6) is 0. The van der Waals surface area contributed by atoms with E-state index in [0.29, 0.717) is 13.0 Å². The molecule has 0 unspecified atom stereocenters. The van der Waals surface area contributed by atoms with Crippen LogP contribution in [-0.2, 0) is 0 Å². The Morgan fingerprint density at radius 3 is 2.00 bits per heavy atom. The Balaban J connectivity index is 3.93. The first-order chi connectivity index (χ1) is 6.14. The highest BCUT2D eigenvalue weighted by atomic mass is 19.4. The zero-order valence-electron chi connectivity index (χ0n) is 8.86. The maximum Gasteiger partial charge on any atom is 0.401 e. The third-order valence-electron chi connectivity index (χ3n) is 1.89. The number of alkyl halides is 3. The van der Waals surface area contributed by atoms with Gasteiger partial charge in [-0.2, -0.15) is 13.2 Å². The van der Waals surface area contributed by atoms with Crippen LogP contribution in [0, 0.1) is 0 Å². The minimum absolute atomic E-state index is 0.263. The molecular weight excluding hydrogens is 195 g/mol. The van der Waals surface area contributed by atoms with Gasteiger partial charge in [0.1, 0.15) is 0 Å². The van der Waals surface area contributed by atoms with E-state index in [2.05, 4.69) is 0 Å². The molecular formula is C9H18F3NO. The van der Waals surface area contributed by atoms with Gasteiger partial charge in [-0.25, -0.2) is 0 Å². The lowest BCUT2D eigenvalue weighted by Gasteiger charge is -2.25. The summed E-state index contributed by atoms with van der Waals surface area (Å²) in [6.07, 6.45) is -3.81. The fraction of sp³-hybridized carbons (Fsp3) is 1.00. The maximum absolute atomic E-state index is 12.0. The van der Waals surface area contributed by atoms with Crippen molar-refractivity contribution in [2.75, 3.05) is 19.6 Å². The van der Waals surface area contributed by atoms with Crippen LogP contribution < -0.4 is 0 Å². The van der Waals surface area contributed by atoms with Gasteiger partial charge in [0, 0.05) is 6.54 Å². The first-order valence-electron chi connectivity index (χ1n) is 4.65. The molecule has 0 fully saturated rings. The van der Waals surface area contributed by atoms with E-state index in [1.165, 1.54) is 4.90 Å². The Morgan fingerprint density at radius 2 is 1.71 bits per heavy atom. The molecule has 2 nitrogen and oxygen atoms in total. The van der Waals surface area contributed by atoms with Gasteiger partial charge >= 0.3 is 6.18 Å². The summed E-state index contributed by atoms with van der Waals surface area (Å²) >= 11 is 0. The van der Waals surface area contributed by atoms with Crippen molar-refractivity contribution in [2.45, 2.75) is 39.0 Å². The van der Waals surface area contributed by atoms with Crippen molar-refractivity contribution in [3.63, 3.8) is 0 Å². The van der Waals surface area contributed by atoms with E-state index < -0.39 is 18.3 Å². The van der Waals surface area contributed by atoms with Gasteiger partial charge in [-0.1, -0.05) is 6.92 Å². The van der Waals surface area contributed by atoms with Crippen molar-refractivity contribution in [1.29, 1.82) is 0 Å². The summed E-state index contributed by atoms with van der Waals surface area (Å²) in [6, 6.07) is 0. The molecule has 0 radical (unpaired) electrons. The van der Waals surface area contributed by atoms with Gasteiger partial charge in [0.15, 0.2) is 0 Å². The Labute approximate surface area is 82.7 Å². The van der Waals surface area contributed by atoms with Crippen molar-refractivity contribution < 1.29 is 18.3 Å². The van der Waals surface area contributed by atoms with Crippen LogP contribution in [0.2, 0.25) is 0 Å². The van der Waals surface area contributed by atoms with Crippen LogP contribution in [0.5, 0.6) is 0 Å². The molecule has 0 heterocycles. The quantitative estimate of drug-likeness (QED) is 0.755. The molecule has 0 aliphatic heterocycles. The highest BCUT2D eigenvalue weighted by Crippen LogP contribution is 2.17. The van der Waals surface area contributed by atoms with E-state index in [9.17, 15) is 18.3 Å². The van der Waals surface area contributed by atoms with Crippen molar-refractivity contribution in [3.8, 4) is 0 Å². The SMILES string of the molecule is CCN(CCC(C)(C)O)CC(F)(F)F. The van der Waals surface area contributed by atoms with Crippen LogP contribution in [0.1, 0.15) is 27.2 Å². The molecule has 86 valence electrons. The first kappa shape index (κ1) is 13.7. The minimum atomic E-state index is -4.16. The Morgan fingerprint density at radius 1 is 1.21 bits per heavy atom. The molecule has 0 rings (SSSR count). The Hall–Kier alpha value is -0.290. The summed E-state index contributed by atoms with van der Waals surface area (Å²) in [7, 11) is 0. The molecule has 0 saturated carbocycles. The van der Waals surface area contributed by atoms with Gasteiger partial charge in [-0.15, -0.1) is 0 Å². The Kier molecular flexibility index (Phi) is 4.88. The molecule has 14 heavy (non-hydrogen) atoms. The molecule has 0 aromatic rings. The van der Waals surface area contributed by atoms with Gasteiger partial charge in [-0.05, 0) is 26.8 Å². The standard InChI is InChI=1S/C9H18F3NO/c1-4-13(7-9(10,11)12)6-5-8(2,3)14/h14H,4-7H2,1-3H3. The summed E-state index contributed by atoms with van der Waals surface area (Å²) in [5, 5.41) is 9.35. The molecule has 1 N–H and O–H groups in total. The largest absolute Gasteiger partial charge is 0.401 e. The van der Waals surface area contributed by atoms with Crippen molar-refractivity contribution >= 4 is 0 Å². The summed E-state index contributed by atoms with van der Waals surface area (Å²) in [5.41, 5.74) is -0.904. The molecule has 0 aliphatic carbocycles. The lowest BCUT2D eigenvalue weighted by molar-refractivity contribution is -0.146. The smallest absolute Gasteiger partial charge is 0.390 e. The van der Waals surface area contributed by atoms with Gasteiger partial charge in [-0.3, -0.25) is 4.90 Å². The molecule has 0 aromatic heterocycles. The second-order valence-corrected chi connectivity index (χ2v) is 4.05. The van der Waals surface area contributed by atoms with Gasteiger partial charge in [0.2, 0.25) is 0 Å². The van der Waals surface area contributed by atoms with Crippen molar-refractivity contribution in [3.05, 3.63) is 0 Å². The predicted octanol–water partition coefficient (Wildman–Crippen LogP) is 2.03. The summed E-state index contributed by atoms with van der Waals surface area (Å²) in [6.45, 7) is 4.56. The normalized spacial score (nSPS) is 13.7. The second kappa shape index (κ2) is 4.98. The average Bonchev–Trinajstić information content (AvgIpc) is 1.94. The van der Waals surface area contributed by atoms with Gasteiger partial charge in [0.05, 0.1) is 12.1 Å². The molecule has 0 saturated heterocycles. The second-order valence-electron chi connectivity index (χ2n) is 4.05. The molecule has 5 heteroatoms. The zero-order valence-corrected chi connectivity index (χ0v) is 8.86. The number of aliphatic hydroxyl groups is 1. The van der Waals surface area contributed by atoms with Gasteiger partial charge < -0.3 is 5.11 Å². The third kappa shape index (κ3) is 8.31. The number of hydrogen-bond acceptors (Lipinski definition) is 2. The van der Waals surface area contributed by atoms with Gasteiger partial charge in [0.25, 0.3) is 0 Å². The topological polar surface area (TPSA) is 23.5 Å². The van der Waals surface area contributed by atoms with E-state index in [0.717, 1.165) is 0 Å². The van der Waals surface area contributed by atoms with Crippen LogP contribution in [0.4, 0.5) is 13.2 Å². The van der Waals surface area contributed by atoms with E-state index in [4.69, 9.17) is 0 Å². The third-order valence-corrected chi connectivity index (χ3v) is 1.89. The maximum atomic E-state index is 12.0. The molecule has 0 bridgehead atoms. The molecule has 0 aromatic carbocycles. The van der Waals surface area contributed by atoms with Crippen LogP contribution in [0.3, 0.4) is 0 Å². The molecule has 0 aliphatic rings. The average molecular weight is 213 g/mol. The van der Waals surface area contributed by atoms with Crippen LogP contribution in [0.25, 0.3) is 0 Å². The highest BCUT2D eigenvalue weighted by Gasteiger charge is 2.30. The number of halogens is 3. The number of rotatable bonds is 5. The molecule has 0 spiro atoms. The highest BCUT2D eigenvalue weighted by molar-refractivity contribution is 4.69. The van der Waals surface area contributed by atoms with E-state index in [1.807, 2.05) is 0 Å². The fourth-order valence-electron chi connectivity index (χ4n) is 1.03. The monoisotopic (exact) mass is 213 g/mol. The van der Waals surface area contributed by atoms with Crippen LogP contribution in [-0.4, -0.2) is 41.4 Å². The number of hydrogen-bond donors (Lipinski definition) is 1. The summed E-state index contributed by atoms with van der Waals surface area (Å²) in [4.78, 5) is 1.28. The fourth-order valence-corrected chi connectivity index (χ4v) is 1.03. The van der Waals surface area contributed by atoms with E-state index >= 15 is 0 Å². The van der Waals surface area contributed by atoms with Crippen LogP contribution in [0.15, 0.2) is 0 Å². The number of nitrogens with zero attached hydrogens (tertiary/aromatic N) is 1. The lowest BCUT2D eigenvalue weighted by atomic mass is 10.1. The minimum Gasteiger partial charge on any atom is -0.390 e. The van der Waals surface area contributed by atoms with E-state index in [-0.39, 0.29) is 6.54 Å². The molecule has 0 atom stereocenters.